The third-order valence-corrected chi connectivity index (χ3v) is 3.48. The van der Waals surface area contributed by atoms with Crippen molar-refractivity contribution >= 4 is 5.91 Å². The highest BCUT2D eigenvalue weighted by atomic mass is 16.1. The Kier molecular flexibility index (Phi) is 5.26. The van der Waals surface area contributed by atoms with Gasteiger partial charge in [0.2, 0.25) is 0 Å². The van der Waals surface area contributed by atoms with Crippen LogP contribution < -0.4 is 5.32 Å². The number of hydrogen-bond donors (Lipinski definition) is 1. The van der Waals surface area contributed by atoms with E-state index in [4.69, 9.17) is 0 Å². The van der Waals surface area contributed by atoms with Crippen LogP contribution in [0.5, 0.6) is 0 Å². The van der Waals surface area contributed by atoms with Crippen molar-refractivity contribution in [3.8, 4) is 0 Å². The maximum absolute atomic E-state index is 12.1. The SMILES string of the molecule is Cc1cnc(C(=O)NC(C)c2ccc(CC(C)C)cc2)cn1. The lowest BCUT2D eigenvalue weighted by molar-refractivity contribution is 0.0934. The molecule has 116 valence electrons. The monoisotopic (exact) mass is 297 g/mol. The molecule has 0 saturated heterocycles. The lowest BCUT2D eigenvalue weighted by Gasteiger charge is -2.15. The highest BCUT2D eigenvalue weighted by Gasteiger charge is 2.12. The van der Waals surface area contributed by atoms with Crippen LogP contribution in [0.15, 0.2) is 36.7 Å². The Morgan fingerprint density at radius 1 is 1.09 bits per heavy atom. The summed E-state index contributed by atoms with van der Waals surface area (Å²) in [6.45, 7) is 8.23. The summed E-state index contributed by atoms with van der Waals surface area (Å²) in [6, 6.07) is 8.34. The number of hydrogen-bond acceptors (Lipinski definition) is 3. The first-order valence-corrected chi connectivity index (χ1v) is 7.64. The first kappa shape index (κ1) is 16.1. The van der Waals surface area contributed by atoms with Crippen LogP contribution in [0.25, 0.3) is 0 Å². The standard InChI is InChI=1S/C18H23N3O/c1-12(2)9-15-5-7-16(8-6-15)14(4)21-18(22)17-11-19-13(3)10-20-17/h5-8,10-12,14H,9H2,1-4H3,(H,21,22). The Bertz CT molecular complexity index is 618. The predicted molar refractivity (Wildman–Crippen MR) is 87.6 cm³/mol. The van der Waals surface area contributed by atoms with E-state index in [2.05, 4.69) is 53.4 Å². The molecule has 0 aliphatic carbocycles. The van der Waals surface area contributed by atoms with Gasteiger partial charge in [-0.25, -0.2) is 4.98 Å². The van der Waals surface area contributed by atoms with Crippen LogP contribution in [0.3, 0.4) is 0 Å². The van der Waals surface area contributed by atoms with Crippen LogP contribution in [-0.4, -0.2) is 15.9 Å². The van der Waals surface area contributed by atoms with Gasteiger partial charge >= 0.3 is 0 Å². The molecule has 0 spiro atoms. The summed E-state index contributed by atoms with van der Waals surface area (Å²) in [5.74, 6) is 0.439. The summed E-state index contributed by atoms with van der Waals surface area (Å²) in [5.41, 5.74) is 3.54. The van der Waals surface area contributed by atoms with Crippen molar-refractivity contribution in [2.24, 2.45) is 5.92 Å². The molecule has 4 nitrogen and oxygen atoms in total. The van der Waals surface area contributed by atoms with Gasteiger partial charge in [-0.05, 0) is 37.3 Å². The summed E-state index contributed by atoms with van der Waals surface area (Å²) in [5, 5.41) is 2.95. The van der Waals surface area contributed by atoms with Crippen molar-refractivity contribution in [3.63, 3.8) is 0 Å². The molecule has 4 heteroatoms. The van der Waals surface area contributed by atoms with Crippen LogP contribution in [0.1, 0.15) is 54.1 Å². The number of carbonyl (C=O) groups excluding carboxylic acids is 1. The van der Waals surface area contributed by atoms with Gasteiger partial charge in [0.15, 0.2) is 0 Å². The molecular formula is C18H23N3O. The van der Waals surface area contributed by atoms with Gasteiger partial charge in [-0.3, -0.25) is 9.78 Å². The van der Waals surface area contributed by atoms with E-state index >= 15 is 0 Å². The minimum Gasteiger partial charge on any atom is -0.344 e. The fourth-order valence-corrected chi connectivity index (χ4v) is 2.28. The second-order valence-corrected chi connectivity index (χ2v) is 6.08. The van der Waals surface area contributed by atoms with E-state index in [9.17, 15) is 4.79 Å². The van der Waals surface area contributed by atoms with Gasteiger partial charge in [0, 0.05) is 6.20 Å². The van der Waals surface area contributed by atoms with Crippen LogP contribution in [-0.2, 0) is 6.42 Å². The van der Waals surface area contributed by atoms with Gasteiger partial charge in [0.05, 0.1) is 17.9 Å². The number of amides is 1. The van der Waals surface area contributed by atoms with Gasteiger partial charge in [0.1, 0.15) is 5.69 Å². The van der Waals surface area contributed by atoms with E-state index in [0.29, 0.717) is 11.6 Å². The second-order valence-electron chi connectivity index (χ2n) is 6.08. The first-order chi connectivity index (χ1) is 10.5. The van der Waals surface area contributed by atoms with Crippen LogP contribution in [0, 0.1) is 12.8 Å². The number of nitrogens with zero attached hydrogens (tertiary/aromatic N) is 2. The Morgan fingerprint density at radius 3 is 2.32 bits per heavy atom. The largest absolute Gasteiger partial charge is 0.344 e. The van der Waals surface area contributed by atoms with Gasteiger partial charge < -0.3 is 5.32 Å². The number of benzene rings is 1. The zero-order valence-electron chi connectivity index (χ0n) is 13.6. The summed E-state index contributed by atoms with van der Waals surface area (Å²) in [6.07, 6.45) is 4.17. The van der Waals surface area contributed by atoms with Crippen molar-refractivity contribution in [2.75, 3.05) is 0 Å². The molecule has 1 heterocycles. The molecule has 0 aliphatic rings. The normalized spacial score (nSPS) is 12.2. The summed E-state index contributed by atoms with van der Waals surface area (Å²) in [7, 11) is 0. The Balaban J connectivity index is 2.00. The van der Waals surface area contributed by atoms with E-state index in [1.165, 1.54) is 11.8 Å². The van der Waals surface area contributed by atoms with E-state index < -0.39 is 0 Å². The average molecular weight is 297 g/mol. The van der Waals surface area contributed by atoms with E-state index in [1.807, 2.05) is 13.8 Å². The number of carbonyl (C=O) groups is 1. The fourth-order valence-electron chi connectivity index (χ4n) is 2.28. The molecule has 0 bridgehead atoms. The topological polar surface area (TPSA) is 54.9 Å². The number of aromatic nitrogens is 2. The van der Waals surface area contributed by atoms with Crippen molar-refractivity contribution in [1.82, 2.24) is 15.3 Å². The number of aryl methyl sites for hydroxylation is 1. The van der Waals surface area contributed by atoms with Gasteiger partial charge in [-0.1, -0.05) is 38.1 Å². The lowest BCUT2D eigenvalue weighted by Crippen LogP contribution is -2.27. The van der Waals surface area contributed by atoms with Gasteiger partial charge in [-0.15, -0.1) is 0 Å². The molecule has 1 aromatic heterocycles. The van der Waals surface area contributed by atoms with E-state index in [-0.39, 0.29) is 11.9 Å². The summed E-state index contributed by atoms with van der Waals surface area (Å²) < 4.78 is 0. The molecular weight excluding hydrogens is 274 g/mol. The smallest absolute Gasteiger partial charge is 0.271 e. The zero-order valence-corrected chi connectivity index (χ0v) is 13.6. The molecule has 1 atom stereocenters. The molecule has 1 unspecified atom stereocenters. The lowest BCUT2D eigenvalue weighted by atomic mass is 10.00. The molecule has 0 radical (unpaired) electrons. The molecule has 22 heavy (non-hydrogen) atoms. The molecule has 1 amide bonds. The molecule has 0 aliphatic heterocycles. The maximum Gasteiger partial charge on any atom is 0.271 e. The van der Waals surface area contributed by atoms with Crippen molar-refractivity contribution in [2.45, 2.75) is 40.2 Å². The van der Waals surface area contributed by atoms with Crippen LogP contribution in [0.2, 0.25) is 0 Å². The van der Waals surface area contributed by atoms with Gasteiger partial charge in [0.25, 0.3) is 5.91 Å². The fraction of sp³-hybridized carbons (Fsp3) is 0.389. The molecule has 1 N–H and O–H groups in total. The minimum atomic E-state index is -0.203. The highest BCUT2D eigenvalue weighted by Crippen LogP contribution is 2.16. The average Bonchev–Trinajstić information content (AvgIpc) is 2.48. The summed E-state index contributed by atoms with van der Waals surface area (Å²) in [4.78, 5) is 20.3. The van der Waals surface area contributed by atoms with Crippen molar-refractivity contribution in [1.29, 1.82) is 0 Å². The van der Waals surface area contributed by atoms with E-state index in [0.717, 1.165) is 17.7 Å². The van der Waals surface area contributed by atoms with Crippen LogP contribution in [0.4, 0.5) is 0 Å². The van der Waals surface area contributed by atoms with E-state index in [1.54, 1.807) is 6.20 Å². The second kappa shape index (κ2) is 7.16. The third kappa shape index (κ3) is 4.38. The maximum atomic E-state index is 12.1. The van der Waals surface area contributed by atoms with Crippen molar-refractivity contribution in [3.05, 3.63) is 59.2 Å². The molecule has 1 aromatic carbocycles. The summed E-state index contributed by atoms with van der Waals surface area (Å²) >= 11 is 0. The molecule has 2 aromatic rings. The number of rotatable bonds is 5. The van der Waals surface area contributed by atoms with Crippen molar-refractivity contribution < 1.29 is 4.79 Å². The minimum absolute atomic E-state index is 0.0660. The Hall–Kier alpha value is -2.23. The Labute approximate surface area is 132 Å². The van der Waals surface area contributed by atoms with Gasteiger partial charge in [-0.2, -0.15) is 0 Å². The third-order valence-electron chi connectivity index (χ3n) is 3.48. The first-order valence-electron chi connectivity index (χ1n) is 7.64. The molecule has 0 saturated carbocycles. The quantitative estimate of drug-likeness (QED) is 0.919. The predicted octanol–water partition coefficient (Wildman–Crippen LogP) is 3.47. The highest BCUT2D eigenvalue weighted by molar-refractivity contribution is 5.92. The zero-order chi connectivity index (χ0) is 16.1. The number of nitrogens with one attached hydrogen (secondary N) is 1. The Morgan fingerprint density at radius 2 is 1.77 bits per heavy atom. The molecule has 2 rings (SSSR count). The molecule has 0 fully saturated rings. The van der Waals surface area contributed by atoms with Crippen LogP contribution >= 0.6 is 0 Å².